The first-order valence-electron chi connectivity index (χ1n) is 8.09. The molecule has 0 unspecified atom stereocenters. The summed E-state index contributed by atoms with van der Waals surface area (Å²) in [6.07, 6.45) is 2.14. The lowest BCUT2D eigenvalue weighted by molar-refractivity contribution is -0.146. The number of ether oxygens (including phenoxy) is 3. The molecule has 0 amide bonds. The topological polar surface area (TPSA) is 73.9 Å². The van der Waals surface area contributed by atoms with Crippen molar-refractivity contribution in [2.45, 2.75) is 27.2 Å². The molecule has 0 fully saturated rings. The fourth-order valence-corrected chi connectivity index (χ4v) is 1.88. The Hall–Kier alpha value is -2.34. The molecule has 0 heterocycles. The molecule has 24 heavy (non-hydrogen) atoms. The van der Waals surface area contributed by atoms with E-state index in [4.69, 9.17) is 14.2 Å². The van der Waals surface area contributed by atoms with Crippen molar-refractivity contribution in [2.75, 3.05) is 31.7 Å². The third kappa shape index (κ3) is 6.83. The fourth-order valence-electron chi connectivity index (χ4n) is 1.88. The van der Waals surface area contributed by atoms with E-state index >= 15 is 0 Å². The molecule has 1 aromatic carbocycles. The third-order valence-electron chi connectivity index (χ3n) is 3.07. The number of carbonyl (C=O) groups excluding carboxylic acids is 2. The predicted molar refractivity (Wildman–Crippen MR) is 91.6 cm³/mol. The zero-order valence-electron chi connectivity index (χ0n) is 14.5. The molecule has 0 aliphatic heterocycles. The standard InChI is InChI=1S/C18H25NO5/c1-4-22-12-11-14-7-9-15(10-8-14)19-13-16(17(20)23-5-2)18(21)24-6-3/h7-10,13,19H,4-6,11-12H2,1-3H3. The smallest absolute Gasteiger partial charge is 0.347 e. The summed E-state index contributed by atoms with van der Waals surface area (Å²) in [4.78, 5) is 23.7. The Kier molecular flexibility index (Phi) is 9.23. The normalized spacial score (nSPS) is 9.96. The Morgan fingerprint density at radius 3 is 2.04 bits per heavy atom. The average Bonchev–Trinajstić information content (AvgIpc) is 2.57. The number of benzene rings is 1. The zero-order chi connectivity index (χ0) is 17.8. The van der Waals surface area contributed by atoms with Crippen molar-refractivity contribution in [3.63, 3.8) is 0 Å². The monoisotopic (exact) mass is 335 g/mol. The molecule has 6 nitrogen and oxygen atoms in total. The second-order valence-electron chi connectivity index (χ2n) is 4.79. The van der Waals surface area contributed by atoms with E-state index in [-0.39, 0.29) is 18.8 Å². The van der Waals surface area contributed by atoms with Crippen LogP contribution < -0.4 is 5.32 Å². The van der Waals surface area contributed by atoms with Crippen LogP contribution in [-0.4, -0.2) is 38.4 Å². The number of hydrogen-bond donors (Lipinski definition) is 1. The Morgan fingerprint density at radius 2 is 1.54 bits per heavy atom. The molecule has 132 valence electrons. The van der Waals surface area contributed by atoms with E-state index < -0.39 is 11.9 Å². The van der Waals surface area contributed by atoms with Gasteiger partial charge in [0.1, 0.15) is 0 Å². The van der Waals surface area contributed by atoms with Gasteiger partial charge in [-0.1, -0.05) is 12.1 Å². The van der Waals surface area contributed by atoms with Gasteiger partial charge in [0.25, 0.3) is 0 Å². The summed E-state index contributed by atoms with van der Waals surface area (Å²) in [6, 6.07) is 7.66. The van der Waals surface area contributed by atoms with Gasteiger partial charge in [0.15, 0.2) is 5.57 Å². The lowest BCUT2D eigenvalue weighted by Gasteiger charge is -2.08. The number of carbonyl (C=O) groups is 2. The van der Waals surface area contributed by atoms with Crippen LogP contribution in [0.1, 0.15) is 26.3 Å². The van der Waals surface area contributed by atoms with Gasteiger partial charge < -0.3 is 19.5 Å². The number of nitrogens with one attached hydrogen (secondary N) is 1. The number of hydrogen-bond acceptors (Lipinski definition) is 6. The van der Waals surface area contributed by atoms with Crippen molar-refractivity contribution in [1.82, 2.24) is 0 Å². The lowest BCUT2D eigenvalue weighted by Crippen LogP contribution is -2.19. The van der Waals surface area contributed by atoms with Crippen LogP contribution in [0.4, 0.5) is 5.69 Å². The van der Waals surface area contributed by atoms with Crippen LogP contribution in [0.25, 0.3) is 0 Å². The molecule has 0 saturated carbocycles. The molecular weight excluding hydrogens is 310 g/mol. The minimum absolute atomic E-state index is 0.167. The molecule has 1 N–H and O–H groups in total. The molecule has 0 radical (unpaired) electrons. The van der Waals surface area contributed by atoms with Gasteiger partial charge in [0.2, 0.25) is 0 Å². The first-order chi connectivity index (χ1) is 11.6. The van der Waals surface area contributed by atoms with Gasteiger partial charge in [0.05, 0.1) is 19.8 Å². The van der Waals surface area contributed by atoms with Gasteiger partial charge in [-0.2, -0.15) is 0 Å². The molecule has 0 aliphatic rings. The van der Waals surface area contributed by atoms with E-state index in [1.54, 1.807) is 13.8 Å². The van der Waals surface area contributed by atoms with Crippen LogP contribution in [0.3, 0.4) is 0 Å². The van der Waals surface area contributed by atoms with E-state index in [0.29, 0.717) is 13.2 Å². The summed E-state index contributed by atoms with van der Waals surface area (Å²) in [7, 11) is 0. The van der Waals surface area contributed by atoms with E-state index in [1.165, 1.54) is 6.20 Å². The summed E-state index contributed by atoms with van der Waals surface area (Å²) >= 11 is 0. The summed E-state index contributed by atoms with van der Waals surface area (Å²) in [5.41, 5.74) is 1.73. The molecule has 0 saturated heterocycles. The summed E-state index contributed by atoms with van der Waals surface area (Å²) in [5.74, 6) is -1.42. The van der Waals surface area contributed by atoms with Crippen LogP contribution in [0.2, 0.25) is 0 Å². The second kappa shape index (κ2) is 11.2. The van der Waals surface area contributed by atoms with Crippen LogP contribution in [-0.2, 0) is 30.2 Å². The van der Waals surface area contributed by atoms with Crippen LogP contribution in [0, 0.1) is 0 Å². The van der Waals surface area contributed by atoms with Crippen LogP contribution in [0.15, 0.2) is 36.0 Å². The third-order valence-corrected chi connectivity index (χ3v) is 3.07. The first-order valence-corrected chi connectivity index (χ1v) is 8.09. The Morgan fingerprint density at radius 1 is 0.958 bits per heavy atom. The van der Waals surface area contributed by atoms with Crippen molar-refractivity contribution in [2.24, 2.45) is 0 Å². The van der Waals surface area contributed by atoms with E-state index in [2.05, 4.69) is 5.32 Å². The number of rotatable bonds is 10. The molecule has 0 aliphatic carbocycles. The maximum atomic E-state index is 11.8. The van der Waals surface area contributed by atoms with E-state index in [0.717, 1.165) is 17.7 Å². The van der Waals surface area contributed by atoms with Gasteiger partial charge in [-0.25, -0.2) is 9.59 Å². The number of esters is 2. The Labute approximate surface area is 142 Å². The summed E-state index contributed by atoms with van der Waals surface area (Å²) in [5, 5.41) is 2.92. The van der Waals surface area contributed by atoms with Crippen molar-refractivity contribution in [3.05, 3.63) is 41.6 Å². The van der Waals surface area contributed by atoms with Gasteiger partial charge in [-0.3, -0.25) is 0 Å². The second-order valence-corrected chi connectivity index (χ2v) is 4.79. The van der Waals surface area contributed by atoms with Gasteiger partial charge >= 0.3 is 11.9 Å². The summed E-state index contributed by atoms with van der Waals surface area (Å²) < 4.78 is 15.1. The lowest BCUT2D eigenvalue weighted by atomic mass is 10.1. The van der Waals surface area contributed by atoms with Gasteiger partial charge in [-0.15, -0.1) is 0 Å². The highest BCUT2D eigenvalue weighted by Gasteiger charge is 2.20. The van der Waals surface area contributed by atoms with E-state index in [1.807, 2.05) is 31.2 Å². The minimum atomic E-state index is -0.711. The van der Waals surface area contributed by atoms with Gasteiger partial charge in [0, 0.05) is 18.5 Å². The van der Waals surface area contributed by atoms with Crippen LogP contribution >= 0.6 is 0 Å². The highest BCUT2D eigenvalue weighted by molar-refractivity contribution is 6.14. The molecule has 1 rings (SSSR count). The summed E-state index contributed by atoms with van der Waals surface area (Å²) in [6.45, 7) is 7.07. The molecule has 1 aromatic rings. The Balaban J connectivity index is 2.73. The van der Waals surface area contributed by atoms with Crippen molar-refractivity contribution in [1.29, 1.82) is 0 Å². The molecular formula is C18H25NO5. The van der Waals surface area contributed by atoms with Gasteiger partial charge in [-0.05, 0) is 44.9 Å². The Bertz CT molecular complexity index is 531. The highest BCUT2D eigenvalue weighted by atomic mass is 16.6. The van der Waals surface area contributed by atoms with Crippen molar-refractivity contribution < 1.29 is 23.8 Å². The molecule has 0 bridgehead atoms. The molecule has 0 spiro atoms. The largest absolute Gasteiger partial charge is 0.462 e. The fraction of sp³-hybridized carbons (Fsp3) is 0.444. The van der Waals surface area contributed by atoms with E-state index in [9.17, 15) is 9.59 Å². The molecule has 0 aromatic heterocycles. The zero-order valence-corrected chi connectivity index (χ0v) is 14.5. The number of anilines is 1. The molecule has 0 atom stereocenters. The minimum Gasteiger partial charge on any atom is -0.462 e. The average molecular weight is 335 g/mol. The maximum Gasteiger partial charge on any atom is 0.347 e. The molecule has 6 heteroatoms. The predicted octanol–water partition coefficient (Wildman–Crippen LogP) is 2.69. The SMILES string of the molecule is CCOCCc1ccc(NC=C(C(=O)OCC)C(=O)OCC)cc1. The first kappa shape index (κ1) is 19.7. The highest BCUT2D eigenvalue weighted by Crippen LogP contribution is 2.12. The van der Waals surface area contributed by atoms with Crippen LogP contribution in [0.5, 0.6) is 0 Å². The maximum absolute atomic E-state index is 11.8. The van der Waals surface area contributed by atoms with Crippen molar-refractivity contribution in [3.8, 4) is 0 Å². The quantitative estimate of drug-likeness (QED) is 0.233. The van der Waals surface area contributed by atoms with Crippen molar-refractivity contribution >= 4 is 17.6 Å².